The first-order valence-electron chi connectivity index (χ1n) is 9.80. The molecule has 132 valence electrons. The fraction of sp³-hybridized carbons (Fsp3) is 0.750. The van der Waals surface area contributed by atoms with Crippen LogP contribution in [-0.2, 0) is 3.07 Å². The summed E-state index contributed by atoms with van der Waals surface area (Å²) in [6.07, 6.45) is 11.1. The van der Waals surface area contributed by atoms with Crippen molar-refractivity contribution in [2.75, 3.05) is 0 Å². The van der Waals surface area contributed by atoms with Gasteiger partial charge in [-0.05, 0) is 0 Å². The summed E-state index contributed by atoms with van der Waals surface area (Å²) in [7, 11) is 0. The first-order valence-corrected chi connectivity index (χ1v) is 17.0. The monoisotopic (exact) mass is 427 g/mol. The zero-order chi connectivity index (χ0) is 17.0. The third-order valence-electron chi connectivity index (χ3n) is 4.74. The first-order chi connectivity index (χ1) is 11.2. The molecule has 1 unspecified atom stereocenters. The average Bonchev–Trinajstić information content (AvgIpc) is 2.61. The predicted octanol–water partition coefficient (Wildman–Crippen LogP) is 6.90. The average molecular weight is 426 g/mol. The van der Waals surface area contributed by atoms with E-state index in [4.69, 9.17) is 3.07 Å². The molecular weight excluding hydrogens is 389 g/mol. The Labute approximate surface area is 148 Å². The Morgan fingerprint density at radius 2 is 1.48 bits per heavy atom. The quantitative estimate of drug-likeness (QED) is 0.320. The van der Waals surface area contributed by atoms with E-state index >= 15 is 0 Å². The number of unbranched alkanes of at least 4 members (excludes halogenated alkanes) is 3. The third kappa shape index (κ3) is 7.55. The normalized spacial score (nSPS) is 13.2. The molecule has 1 atom stereocenters. The molecule has 0 bridgehead atoms. The molecule has 0 spiro atoms. The first kappa shape index (κ1) is 21.0. The van der Waals surface area contributed by atoms with E-state index in [1.54, 1.807) is 0 Å². The summed E-state index contributed by atoms with van der Waals surface area (Å²) in [4.78, 5) is 4.58. The van der Waals surface area contributed by atoms with Crippen LogP contribution in [0.2, 0.25) is 13.3 Å². The van der Waals surface area contributed by atoms with Crippen LogP contribution in [0.1, 0.15) is 84.4 Å². The summed E-state index contributed by atoms with van der Waals surface area (Å²) >= 11 is -2.54. The van der Waals surface area contributed by atoms with E-state index in [-0.39, 0.29) is 6.10 Å². The molecule has 0 saturated carbocycles. The van der Waals surface area contributed by atoms with E-state index in [1.807, 2.05) is 12.3 Å². The Bertz CT molecular complexity index is 374. The predicted molar refractivity (Wildman–Crippen MR) is 103 cm³/mol. The molecule has 2 nitrogen and oxygen atoms in total. The number of aromatic nitrogens is 1. The van der Waals surface area contributed by atoms with Gasteiger partial charge in [-0.15, -0.1) is 0 Å². The van der Waals surface area contributed by atoms with Crippen molar-refractivity contribution in [3.63, 3.8) is 0 Å². The molecule has 0 amide bonds. The van der Waals surface area contributed by atoms with E-state index in [0.717, 1.165) is 12.1 Å². The molecule has 0 fully saturated rings. The minimum absolute atomic E-state index is 0.220. The van der Waals surface area contributed by atoms with E-state index in [2.05, 4.69) is 44.8 Å². The second kappa shape index (κ2) is 12.3. The Hall–Kier alpha value is -0.0913. The molecular formula is C20H37NOSn. The SMILES string of the molecule is CCC[CH2][Sn]([CH2]CCC)([CH2]CCC)[O]C(CC)c1ccccn1. The fourth-order valence-electron chi connectivity index (χ4n) is 3.27. The van der Waals surface area contributed by atoms with Crippen molar-refractivity contribution < 1.29 is 3.07 Å². The second-order valence-corrected chi connectivity index (χ2v) is 18.5. The van der Waals surface area contributed by atoms with Gasteiger partial charge in [-0.1, -0.05) is 0 Å². The van der Waals surface area contributed by atoms with Gasteiger partial charge in [-0.25, -0.2) is 0 Å². The summed E-state index contributed by atoms with van der Waals surface area (Å²) in [5, 5.41) is 0. The van der Waals surface area contributed by atoms with Crippen LogP contribution in [0.3, 0.4) is 0 Å². The van der Waals surface area contributed by atoms with Crippen LogP contribution >= 0.6 is 0 Å². The Morgan fingerprint density at radius 3 is 1.87 bits per heavy atom. The van der Waals surface area contributed by atoms with E-state index in [0.29, 0.717) is 0 Å². The van der Waals surface area contributed by atoms with Gasteiger partial charge in [0.15, 0.2) is 0 Å². The summed E-state index contributed by atoms with van der Waals surface area (Å²) < 4.78 is 11.2. The zero-order valence-electron chi connectivity index (χ0n) is 15.8. The topological polar surface area (TPSA) is 22.1 Å². The van der Waals surface area contributed by atoms with Crippen molar-refractivity contribution in [3.8, 4) is 0 Å². The van der Waals surface area contributed by atoms with Crippen LogP contribution in [0.4, 0.5) is 0 Å². The molecule has 23 heavy (non-hydrogen) atoms. The van der Waals surface area contributed by atoms with Crippen LogP contribution in [-0.4, -0.2) is 23.8 Å². The fourth-order valence-corrected chi connectivity index (χ4v) is 17.5. The number of pyridine rings is 1. The molecule has 1 rings (SSSR count). The molecule has 0 aliphatic rings. The minimum atomic E-state index is -2.54. The van der Waals surface area contributed by atoms with E-state index in [9.17, 15) is 0 Å². The summed E-state index contributed by atoms with van der Waals surface area (Å²) in [5.74, 6) is 0. The molecule has 0 saturated heterocycles. The van der Waals surface area contributed by atoms with Crippen molar-refractivity contribution in [1.29, 1.82) is 0 Å². The maximum atomic E-state index is 7.03. The molecule has 0 radical (unpaired) electrons. The van der Waals surface area contributed by atoms with Crippen molar-refractivity contribution >= 4 is 18.8 Å². The van der Waals surface area contributed by atoms with Crippen molar-refractivity contribution in [2.24, 2.45) is 0 Å². The number of hydrogen-bond donors (Lipinski definition) is 0. The molecule has 0 aromatic carbocycles. The summed E-state index contributed by atoms with van der Waals surface area (Å²) in [6, 6.07) is 6.23. The second-order valence-electron chi connectivity index (χ2n) is 6.76. The summed E-state index contributed by atoms with van der Waals surface area (Å²) in [6.45, 7) is 9.18. The third-order valence-corrected chi connectivity index (χ3v) is 17.8. The molecule has 0 N–H and O–H groups in total. The van der Waals surface area contributed by atoms with Gasteiger partial charge in [-0.3, -0.25) is 0 Å². The van der Waals surface area contributed by atoms with Gasteiger partial charge in [0.1, 0.15) is 0 Å². The molecule has 1 heterocycles. The number of nitrogens with zero attached hydrogens (tertiary/aromatic N) is 1. The Balaban J connectivity index is 2.93. The molecule has 1 aromatic rings. The van der Waals surface area contributed by atoms with Crippen LogP contribution in [0.15, 0.2) is 24.4 Å². The standard InChI is InChI=1S/C8H10NO.3C4H9.Sn/c1-2-8(10)7-5-3-4-6-9-7;3*1-3-4-2;/h3-6,8H,2H2,1H3;3*1,3-4H2,2H3;/q-1;;;;+1. The van der Waals surface area contributed by atoms with Crippen molar-refractivity contribution in [2.45, 2.75) is 92.1 Å². The summed E-state index contributed by atoms with van der Waals surface area (Å²) in [5.41, 5.74) is 1.14. The zero-order valence-corrected chi connectivity index (χ0v) is 18.7. The van der Waals surface area contributed by atoms with Crippen LogP contribution in [0.5, 0.6) is 0 Å². The molecule has 0 aliphatic heterocycles. The molecule has 3 heteroatoms. The van der Waals surface area contributed by atoms with E-state index < -0.39 is 18.8 Å². The number of hydrogen-bond acceptors (Lipinski definition) is 2. The van der Waals surface area contributed by atoms with Crippen LogP contribution in [0.25, 0.3) is 0 Å². The van der Waals surface area contributed by atoms with Crippen LogP contribution < -0.4 is 0 Å². The van der Waals surface area contributed by atoms with Gasteiger partial charge in [-0.2, -0.15) is 0 Å². The number of rotatable bonds is 13. The van der Waals surface area contributed by atoms with Gasteiger partial charge >= 0.3 is 149 Å². The van der Waals surface area contributed by atoms with Gasteiger partial charge in [0.25, 0.3) is 0 Å². The molecule has 0 aliphatic carbocycles. The van der Waals surface area contributed by atoms with Gasteiger partial charge < -0.3 is 0 Å². The van der Waals surface area contributed by atoms with Crippen LogP contribution in [0, 0.1) is 0 Å². The van der Waals surface area contributed by atoms with Crippen molar-refractivity contribution in [1.82, 2.24) is 4.98 Å². The Kier molecular flexibility index (Phi) is 11.2. The van der Waals surface area contributed by atoms with Gasteiger partial charge in [0.2, 0.25) is 0 Å². The Morgan fingerprint density at radius 1 is 0.913 bits per heavy atom. The maximum absolute atomic E-state index is 7.03. The van der Waals surface area contributed by atoms with Crippen molar-refractivity contribution in [3.05, 3.63) is 30.1 Å². The van der Waals surface area contributed by atoms with E-state index in [1.165, 1.54) is 51.8 Å². The molecule has 1 aromatic heterocycles. The van der Waals surface area contributed by atoms with Gasteiger partial charge in [0, 0.05) is 0 Å². The van der Waals surface area contributed by atoms with Gasteiger partial charge in [0.05, 0.1) is 0 Å².